The molecule has 36 heavy (non-hydrogen) atoms. The standard InChI is InChI=1S/C30H35NO5/c1-3-19(16-20-10-13-23(33)14-11-20)12-15-26(34)27-21(4-2)17-24-28(25(27)18-32)30(36)31(29(24)35)22-8-6-5-7-9-22/h5-11,13-14,16,24-26,28,32-34H,3-4,12,15,17-18H2,1-2H3/b19-16+/t24-,25+,26-,28-/m1/s1. The quantitative estimate of drug-likeness (QED) is 0.346. The van der Waals surface area contributed by atoms with Crippen molar-refractivity contribution >= 4 is 23.6 Å². The van der Waals surface area contributed by atoms with Crippen molar-refractivity contribution in [1.29, 1.82) is 0 Å². The van der Waals surface area contributed by atoms with Gasteiger partial charge in [-0.15, -0.1) is 0 Å². The topological polar surface area (TPSA) is 98.1 Å². The lowest BCUT2D eigenvalue weighted by Gasteiger charge is -2.36. The first-order valence-corrected chi connectivity index (χ1v) is 12.8. The lowest BCUT2D eigenvalue weighted by atomic mass is 9.67. The fourth-order valence-corrected chi connectivity index (χ4v) is 5.76. The second-order valence-electron chi connectivity index (χ2n) is 9.69. The number of rotatable bonds is 9. The van der Waals surface area contributed by atoms with E-state index in [2.05, 4.69) is 13.0 Å². The summed E-state index contributed by atoms with van der Waals surface area (Å²) in [5.74, 6) is -2.06. The molecule has 2 aromatic rings. The number of hydrogen-bond acceptors (Lipinski definition) is 5. The number of benzene rings is 2. The van der Waals surface area contributed by atoms with Crippen molar-refractivity contribution in [3.8, 4) is 5.75 Å². The van der Waals surface area contributed by atoms with Gasteiger partial charge in [-0.05, 0) is 67.5 Å². The largest absolute Gasteiger partial charge is 0.508 e. The molecular formula is C30H35NO5. The number of aliphatic hydroxyl groups is 2. The Morgan fingerprint density at radius 1 is 1.06 bits per heavy atom. The van der Waals surface area contributed by atoms with Gasteiger partial charge in [0.2, 0.25) is 11.8 Å². The molecule has 4 rings (SSSR count). The maximum Gasteiger partial charge on any atom is 0.238 e. The van der Waals surface area contributed by atoms with Gasteiger partial charge in [0, 0.05) is 5.92 Å². The van der Waals surface area contributed by atoms with Crippen LogP contribution in [0, 0.1) is 17.8 Å². The third-order valence-corrected chi connectivity index (χ3v) is 7.64. The first kappa shape index (κ1) is 25.9. The third kappa shape index (κ3) is 5.01. The molecule has 4 atom stereocenters. The molecule has 6 heteroatoms. The van der Waals surface area contributed by atoms with E-state index in [1.54, 1.807) is 36.4 Å². The summed E-state index contributed by atoms with van der Waals surface area (Å²) in [6, 6.07) is 15.9. The van der Waals surface area contributed by atoms with Crippen molar-refractivity contribution < 1.29 is 24.9 Å². The number of amides is 2. The molecule has 0 radical (unpaired) electrons. The first-order valence-electron chi connectivity index (χ1n) is 12.8. The van der Waals surface area contributed by atoms with Gasteiger partial charge >= 0.3 is 0 Å². The van der Waals surface area contributed by atoms with Gasteiger partial charge in [-0.25, -0.2) is 0 Å². The fraction of sp³-hybridized carbons (Fsp3) is 0.400. The van der Waals surface area contributed by atoms with Crippen LogP contribution in [0.4, 0.5) is 5.69 Å². The van der Waals surface area contributed by atoms with E-state index >= 15 is 0 Å². The highest BCUT2D eigenvalue weighted by Gasteiger charge is 2.55. The van der Waals surface area contributed by atoms with Crippen LogP contribution in [-0.4, -0.2) is 39.8 Å². The Hall–Kier alpha value is -3.22. The molecule has 1 fully saturated rings. The predicted octanol–water partition coefficient (Wildman–Crippen LogP) is 4.85. The number of imide groups is 1. The van der Waals surface area contributed by atoms with Crippen molar-refractivity contribution in [2.45, 2.75) is 52.1 Å². The summed E-state index contributed by atoms with van der Waals surface area (Å²) in [5, 5.41) is 31.3. The Morgan fingerprint density at radius 2 is 1.75 bits per heavy atom. The highest BCUT2D eigenvalue weighted by molar-refractivity contribution is 6.22. The Bertz CT molecular complexity index is 1150. The van der Waals surface area contributed by atoms with Gasteiger partial charge in [0.05, 0.1) is 30.2 Å². The van der Waals surface area contributed by atoms with Gasteiger partial charge in [-0.3, -0.25) is 14.5 Å². The van der Waals surface area contributed by atoms with E-state index in [0.29, 0.717) is 31.4 Å². The molecule has 1 saturated heterocycles. The number of hydrogen-bond donors (Lipinski definition) is 3. The second kappa shape index (κ2) is 11.2. The molecule has 2 aliphatic rings. The normalized spacial score (nSPS) is 23.3. The molecule has 1 aliphatic carbocycles. The molecule has 2 amide bonds. The number of carbonyl (C=O) groups excluding carboxylic acids is 2. The SMILES string of the molecule is CCC1=C([C@H](O)CC/C(=C/c2ccc(O)cc2)CC)[C@H](CO)[C@@H]2C(=O)N(c3ccccc3)C(=O)[C@@H]2C1. The number of carbonyl (C=O) groups is 2. The van der Waals surface area contributed by atoms with E-state index in [1.807, 2.05) is 25.1 Å². The molecule has 2 aromatic carbocycles. The number of allylic oxidation sites excluding steroid dienone is 2. The van der Waals surface area contributed by atoms with Crippen molar-refractivity contribution in [2.24, 2.45) is 17.8 Å². The summed E-state index contributed by atoms with van der Waals surface area (Å²) >= 11 is 0. The molecule has 3 N–H and O–H groups in total. The molecular weight excluding hydrogens is 454 g/mol. The number of nitrogens with zero attached hydrogens (tertiary/aromatic N) is 1. The summed E-state index contributed by atoms with van der Waals surface area (Å²) in [4.78, 5) is 28.1. The number of para-hydroxylation sites is 1. The summed E-state index contributed by atoms with van der Waals surface area (Å²) in [6.07, 6.45) is 4.30. The van der Waals surface area contributed by atoms with Gasteiger partial charge < -0.3 is 15.3 Å². The molecule has 6 nitrogen and oxygen atoms in total. The minimum absolute atomic E-state index is 0.219. The number of anilines is 1. The monoisotopic (exact) mass is 489 g/mol. The van der Waals surface area contributed by atoms with E-state index in [1.165, 1.54) is 4.90 Å². The van der Waals surface area contributed by atoms with Crippen LogP contribution in [0.1, 0.15) is 51.5 Å². The van der Waals surface area contributed by atoms with Crippen molar-refractivity contribution in [3.63, 3.8) is 0 Å². The van der Waals surface area contributed by atoms with Crippen LogP contribution >= 0.6 is 0 Å². The Kier molecular flexibility index (Phi) is 8.07. The highest BCUT2D eigenvalue weighted by atomic mass is 16.3. The minimum atomic E-state index is -0.804. The zero-order valence-electron chi connectivity index (χ0n) is 20.9. The average Bonchev–Trinajstić information content (AvgIpc) is 3.15. The van der Waals surface area contributed by atoms with E-state index in [4.69, 9.17) is 0 Å². The van der Waals surface area contributed by atoms with Crippen LogP contribution in [-0.2, 0) is 9.59 Å². The van der Waals surface area contributed by atoms with Crippen LogP contribution in [0.25, 0.3) is 6.08 Å². The van der Waals surface area contributed by atoms with Crippen LogP contribution < -0.4 is 4.90 Å². The van der Waals surface area contributed by atoms with Crippen LogP contribution in [0.3, 0.4) is 0 Å². The van der Waals surface area contributed by atoms with Crippen LogP contribution in [0.5, 0.6) is 5.75 Å². The van der Waals surface area contributed by atoms with Gasteiger partial charge in [0.25, 0.3) is 0 Å². The molecule has 0 spiro atoms. The first-order chi connectivity index (χ1) is 17.4. The fourth-order valence-electron chi connectivity index (χ4n) is 5.76. The molecule has 1 aliphatic heterocycles. The minimum Gasteiger partial charge on any atom is -0.508 e. The molecule has 1 heterocycles. The van der Waals surface area contributed by atoms with Crippen molar-refractivity contribution in [3.05, 3.63) is 76.9 Å². The molecule has 0 saturated carbocycles. The summed E-state index contributed by atoms with van der Waals surface area (Å²) < 4.78 is 0. The van der Waals surface area contributed by atoms with E-state index in [9.17, 15) is 24.9 Å². The number of aromatic hydroxyl groups is 1. The lowest BCUT2D eigenvalue weighted by molar-refractivity contribution is -0.123. The molecule has 190 valence electrons. The molecule has 0 bridgehead atoms. The summed E-state index contributed by atoms with van der Waals surface area (Å²) in [7, 11) is 0. The van der Waals surface area contributed by atoms with E-state index in [-0.39, 0.29) is 24.2 Å². The van der Waals surface area contributed by atoms with Gasteiger partial charge in [0.1, 0.15) is 5.75 Å². The highest BCUT2D eigenvalue weighted by Crippen LogP contribution is 2.47. The van der Waals surface area contributed by atoms with Crippen molar-refractivity contribution in [2.75, 3.05) is 11.5 Å². The van der Waals surface area contributed by atoms with E-state index in [0.717, 1.165) is 28.7 Å². The van der Waals surface area contributed by atoms with Crippen LogP contribution in [0.2, 0.25) is 0 Å². The Balaban J connectivity index is 1.57. The Morgan fingerprint density at radius 3 is 2.36 bits per heavy atom. The lowest BCUT2D eigenvalue weighted by Crippen LogP contribution is -2.39. The third-order valence-electron chi connectivity index (χ3n) is 7.64. The molecule has 0 aromatic heterocycles. The number of phenols is 1. The average molecular weight is 490 g/mol. The summed E-state index contributed by atoms with van der Waals surface area (Å²) in [5.41, 5.74) is 4.40. The smallest absolute Gasteiger partial charge is 0.238 e. The zero-order chi connectivity index (χ0) is 25.8. The number of phenolic OH excluding ortho intramolecular Hbond substituents is 1. The van der Waals surface area contributed by atoms with Gasteiger partial charge in [-0.2, -0.15) is 0 Å². The predicted molar refractivity (Wildman–Crippen MR) is 140 cm³/mol. The zero-order valence-corrected chi connectivity index (χ0v) is 20.9. The summed E-state index contributed by atoms with van der Waals surface area (Å²) in [6.45, 7) is 3.77. The van der Waals surface area contributed by atoms with Crippen LogP contribution in [0.15, 0.2) is 71.3 Å². The maximum atomic E-state index is 13.5. The number of fused-ring (bicyclic) bond motifs is 1. The Labute approximate surface area is 212 Å². The van der Waals surface area contributed by atoms with Crippen molar-refractivity contribution in [1.82, 2.24) is 0 Å². The molecule has 0 unspecified atom stereocenters. The van der Waals surface area contributed by atoms with E-state index < -0.39 is 23.9 Å². The van der Waals surface area contributed by atoms with Gasteiger partial charge in [-0.1, -0.05) is 61.4 Å². The van der Waals surface area contributed by atoms with Gasteiger partial charge in [0.15, 0.2) is 0 Å². The maximum absolute atomic E-state index is 13.5. The second-order valence-corrected chi connectivity index (χ2v) is 9.69. The number of aliphatic hydroxyl groups excluding tert-OH is 2.